The first kappa shape index (κ1) is 14.3. The molecule has 2 rings (SSSR count). The maximum atomic E-state index is 13.7. The maximum Gasteiger partial charge on any atom is 0.167 e. The third-order valence-corrected chi connectivity index (χ3v) is 4.18. The van der Waals surface area contributed by atoms with E-state index in [1.165, 1.54) is 0 Å². The normalized spacial score (nSPS) is 26.6. The molecule has 2 atom stereocenters. The molecule has 1 aromatic carbocycles. The van der Waals surface area contributed by atoms with Crippen molar-refractivity contribution in [2.45, 2.75) is 38.1 Å². The lowest BCUT2D eigenvalue weighted by Crippen LogP contribution is -2.47. The summed E-state index contributed by atoms with van der Waals surface area (Å²) in [5.74, 6) is 0.255. The highest BCUT2D eigenvalue weighted by atomic mass is 19.1. The molecule has 0 radical (unpaired) electrons. The second-order valence-corrected chi connectivity index (χ2v) is 5.50. The number of aliphatic hydroxyl groups excluding tert-OH is 1. The van der Waals surface area contributed by atoms with E-state index in [2.05, 4.69) is 0 Å². The number of nitrogens with two attached hydrogens (primary N) is 1. The number of halogens is 1. The van der Waals surface area contributed by atoms with Crippen molar-refractivity contribution in [3.63, 3.8) is 0 Å². The first-order valence-corrected chi connectivity index (χ1v) is 6.84. The van der Waals surface area contributed by atoms with Gasteiger partial charge in [-0.25, -0.2) is 4.39 Å². The molecular weight excluding hydrogens is 245 g/mol. The second kappa shape index (κ2) is 5.88. The summed E-state index contributed by atoms with van der Waals surface area (Å²) >= 11 is 0. The molecular formula is C15H22FNO2. The van der Waals surface area contributed by atoms with Gasteiger partial charge in [0.05, 0.1) is 13.2 Å². The van der Waals surface area contributed by atoms with E-state index in [1.54, 1.807) is 25.1 Å². The highest BCUT2D eigenvalue weighted by molar-refractivity contribution is 5.30. The summed E-state index contributed by atoms with van der Waals surface area (Å²) in [6.45, 7) is 2.16. The third-order valence-electron chi connectivity index (χ3n) is 4.18. The fourth-order valence-electron chi connectivity index (χ4n) is 2.85. The Morgan fingerprint density at radius 2 is 2.32 bits per heavy atom. The number of hydrogen-bond acceptors (Lipinski definition) is 3. The number of aliphatic hydroxyl groups is 1. The lowest BCUT2D eigenvalue weighted by atomic mass is 9.87. The molecule has 1 fully saturated rings. The van der Waals surface area contributed by atoms with Crippen LogP contribution < -0.4 is 10.5 Å². The minimum absolute atomic E-state index is 0.0104. The van der Waals surface area contributed by atoms with Crippen molar-refractivity contribution in [2.75, 3.05) is 13.2 Å². The van der Waals surface area contributed by atoms with Crippen LogP contribution in [0.3, 0.4) is 0 Å². The summed E-state index contributed by atoms with van der Waals surface area (Å²) < 4.78 is 19.2. The van der Waals surface area contributed by atoms with Crippen molar-refractivity contribution in [3.8, 4) is 5.75 Å². The molecule has 4 heteroatoms. The average molecular weight is 267 g/mol. The molecule has 0 saturated heterocycles. The van der Waals surface area contributed by atoms with E-state index >= 15 is 0 Å². The predicted molar refractivity (Wildman–Crippen MR) is 72.6 cm³/mol. The molecule has 0 bridgehead atoms. The van der Waals surface area contributed by atoms with Crippen molar-refractivity contribution in [1.82, 2.24) is 0 Å². The quantitative estimate of drug-likeness (QED) is 0.861. The number of benzene rings is 1. The Hall–Kier alpha value is -1.13. The van der Waals surface area contributed by atoms with Crippen molar-refractivity contribution in [1.29, 1.82) is 0 Å². The van der Waals surface area contributed by atoms with Crippen LogP contribution in [-0.4, -0.2) is 23.9 Å². The van der Waals surface area contributed by atoms with Crippen LogP contribution in [0.1, 0.15) is 31.2 Å². The van der Waals surface area contributed by atoms with Crippen molar-refractivity contribution < 1.29 is 14.2 Å². The van der Waals surface area contributed by atoms with Crippen LogP contribution in [0.4, 0.5) is 4.39 Å². The first-order chi connectivity index (χ1) is 9.07. The Balaban J connectivity index is 1.88. The topological polar surface area (TPSA) is 55.5 Å². The summed E-state index contributed by atoms with van der Waals surface area (Å²) in [6, 6.07) is 5.14. The molecule has 1 aliphatic rings. The number of hydrogen-bond donors (Lipinski definition) is 2. The van der Waals surface area contributed by atoms with Gasteiger partial charge in [-0.2, -0.15) is 0 Å². The smallest absolute Gasteiger partial charge is 0.167 e. The Morgan fingerprint density at radius 3 is 3.05 bits per heavy atom. The van der Waals surface area contributed by atoms with E-state index in [1.807, 2.05) is 0 Å². The molecule has 3 nitrogen and oxygen atoms in total. The van der Waals surface area contributed by atoms with Gasteiger partial charge in [-0.15, -0.1) is 0 Å². The zero-order valence-electron chi connectivity index (χ0n) is 11.4. The van der Waals surface area contributed by atoms with Crippen LogP contribution >= 0.6 is 0 Å². The average Bonchev–Trinajstić information content (AvgIpc) is 2.77. The lowest BCUT2D eigenvalue weighted by Gasteiger charge is -2.29. The molecule has 0 heterocycles. The second-order valence-electron chi connectivity index (χ2n) is 5.50. The Kier molecular flexibility index (Phi) is 4.42. The van der Waals surface area contributed by atoms with Gasteiger partial charge in [0.1, 0.15) is 0 Å². The highest BCUT2D eigenvalue weighted by Gasteiger charge is 2.38. The first-order valence-electron chi connectivity index (χ1n) is 6.84. The van der Waals surface area contributed by atoms with Gasteiger partial charge in [0, 0.05) is 5.54 Å². The van der Waals surface area contributed by atoms with Gasteiger partial charge in [0.2, 0.25) is 0 Å². The molecule has 0 spiro atoms. The maximum absolute atomic E-state index is 13.7. The number of aryl methyl sites for hydroxylation is 1. The van der Waals surface area contributed by atoms with Gasteiger partial charge < -0.3 is 15.6 Å². The number of rotatable bonds is 5. The van der Waals surface area contributed by atoms with Crippen LogP contribution in [0.25, 0.3) is 0 Å². The van der Waals surface area contributed by atoms with Gasteiger partial charge in [0.25, 0.3) is 0 Å². The molecule has 1 aliphatic carbocycles. The standard InChI is InChI=1S/C15H22FNO2/c1-11-4-2-6-13(14(11)16)19-9-7-12-5-3-8-15(12,17)10-18/h2,4,6,12,18H,3,5,7-10,17H2,1H3. The Bertz CT molecular complexity index is 438. The van der Waals surface area contributed by atoms with Gasteiger partial charge in [-0.3, -0.25) is 0 Å². The fraction of sp³-hybridized carbons (Fsp3) is 0.600. The van der Waals surface area contributed by atoms with Gasteiger partial charge in [-0.1, -0.05) is 18.6 Å². The summed E-state index contributed by atoms with van der Waals surface area (Å²) in [5.41, 5.74) is 6.26. The SMILES string of the molecule is Cc1cccc(OCCC2CCCC2(N)CO)c1F. The molecule has 0 amide bonds. The van der Waals surface area contributed by atoms with E-state index in [0.29, 0.717) is 17.9 Å². The molecule has 19 heavy (non-hydrogen) atoms. The highest BCUT2D eigenvalue weighted by Crippen LogP contribution is 2.35. The van der Waals surface area contributed by atoms with E-state index in [0.717, 1.165) is 25.7 Å². The van der Waals surface area contributed by atoms with E-state index in [-0.39, 0.29) is 18.3 Å². The van der Waals surface area contributed by atoms with Crippen LogP contribution in [-0.2, 0) is 0 Å². The minimum Gasteiger partial charge on any atom is -0.490 e. The van der Waals surface area contributed by atoms with E-state index < -0.39 is 5.54 Å². The summed E-state index contributed by atoms with van der Waals surface area (Å²) in [5, 5.41) is 9.37. The van der Waals surface area contributed by atoms with E-state index in [9.17, 15) is 9.50 Å². The summed E-state index contributed by atoms with van der Waals surface area (Å²) in [6.07, 6.45) is 3.66. The largest absolute Gasteiger partial charge is 0.490 e. The van der Waals surface area contributed by atoms with Crippen molar-refractivity contribution in [2.24, 2.45) is 11.7 Å². The summed E-state index contributed by atoms with van der Waals surface area (Å²) in [4.78, 5) is 0. The molecule has 0 aliphatic heterocycles. The van der Waals surface area contributed by atoms with Crippen molar-refractivity contribution in [3.05, 3.63) is 29.6 Å². The summed E-state index contributed by atoms with van der Waals surface area (Å²) in [7, 11) is 0. The van der Waals surface area contributed by atoms with Crippen LogP contribution in [0.15, 0.2) is 18.2 Å². The zero-order valence-corrected chi connectivity index (χ0v) is 11.4. The van der Waals surface area contributed by atoms with Gasteiger partial charge in [0.15, 0.2) is 11.6 Å². The molecule has 0 aromatic heterocycles. The molecule has 106 valence electrons. The monoisotopic (exact) mass is 267 g/mol. The minimum atomic E-state index is -0.478. The Morgan fingerprint density at radius 1 is 1.53 bits per heavy atom. The predicted octanol–water partition coefficient (Wildman–Crippen LogP) is 2.39. The molecule has 1 saturated carbocycles. The van der Waals surface area contributed by atoms with Crippen molar-refractivity contribution >= 4 is 0 Å². The lowest BCUT2D eigenvalue weighted by molar-refractivity contribution is 0.142. The third kappa shape index (κ3) is 3.07. The zero-order chi connectivity index (χ0) is 13.9. The van der Waals surface area contributed by atoms with Crippen LogP contribution in [0.2, 0.25) is 0 Å². The van der Waals surface area contributed by atoms with Gasteiger partial charge >= 0.3 is 0 Å². The van der Waals surface area contributed by atoms with Crippen LogP contribution in [0.5, 0.6) is 5.75 Å². The van der Waals surface area contributed by atoms with E-state index in [4.69, 9.17) is 10.5 Å². The Labute approximate surface area is 113 Å². The van der Waals surface area contributed by atoms with Gasteiger partial charge in [-0.05, 0) is 43.7 Å². The molecule has 3 N–H and O–H groups in total. The van der Waals surface area contributed by atoms with Crippen LogP contribution in [0, 0.1) is 18.7 Å². The molecule has 1 aromatic rings. The molecule has 2 unspecified atom stereocenters. The fourth-order valence-corrected chi connectivity index (χ4v) is 2.85. The number of ether oxygens (including phenoxy) is 1.